The molecule has 6 nitrogen and oxygen atoms in total. The second-order valence-corrected chi connectivity index (χ2v) is 7.83. The molecule has 0 aliphatic heterocycles. The maximum Gasteiger partial charge on any atom is 0.191 e. The molecule has 3 rings (SSSR count). The van der Waals surface area contributed by atoms with Crippen molar-refractivity contribution in [3.63, 3.8) is 0 Å². The number of aromatic nitrogens is 2. The fourth-order valence-corrected chi connectivity index (χ4v) is 4.06. The zero-order chi connectivity index (χ0) is 17.6. The van der Waals surface area contributed by atoms with Gasteiger partial charge in [0.25, 0.3) is 0 Å². The molecule has 3 aromatic rings. The first-order valence-corrected chi connectivity index (χ1v) is 9.76. The van der Waals surface area contributed by atoms with Crippen molar-refractivity contribution in [2.24, 2.45) is 4.99 Å². The molecule has 1 aromatic carbocycles. The quantitative estimate of drug-likeness (QED) is 0.351. The van der Waals surface area contributed by atoms with Gasteiger partial charge >= 0.3 is 0 Å². The van der Waals surface area contributed by atoms with Gasteiger partial charge in [0, 0.05) is 25.0 Å². The molecule has 2 heterocycles. The molecular weight excluding hydrogens is 352 g/mol. The predicted molar refractivity (Wildman–Crippen MR) is 108 cm³/mol. The molecule has 3 N–H and O–H groups in total. The first-order valence-electron chi connectivity index (χ1n) is 8.12. The van der Waals surface area contributed by atoms with E-state index in [0.717, 1.165) is 40.4 Å². The molecule has 0 saturated heterocycles. The lowest BCUT2D eigenvalue weighted by Crippen LogP contribution is -2.39. The van der Waals surface area contributed by atoms with Crippen LogP contribution in [0.15, 0.2) is 29.3 Å². The Morgan fingerprint density at radius 1 is 1.08 bits per heavy atom. The van der Waals surface area contributed by atoms with Crippen LogP contribution in [0.3, 0.4) is 0 Å². The first kappa shape index (κ1) is 17.6. The molecule has 0 aliphatic carbocycles. The van der Waals surface area contributed by atoms with Gasteiger partial charge in [0.2, 0.25) is 0 Å². The number of fused-ring (bicyclic) bond motifs is 1. The minimum atomic E-state index is 0.685. The van der Waals surface area contributed by atoms with E-state index in [1.54, 1.807) is 29.7 Å². The molecule has 0 radical (unpaired) electrons. The van der Waals surface area contributed by atoms with Gasteiger partial charge in [-0.25, -0.2) is 9.97 Å². The molecular formula is C17H22N6S2. The minimum absolute atomic E-state index is 0.685. The Bertz CT molecular complexity index is 815. The van der Waals surface area contributed by atoms with E-state index in [1.807, 2.05) is 25.1 Å². The number of para-hydroxylation sites is 1. The van der Waals surface area contributed by atoms with Crippen molar-refractivity contribution in [3.8, 4) is 0 Å². The van der Waals surface area contributed by atoms with E-state index in [9.17, 15) is 0 Å². The number of guanidine groups is 1. The van der Waals surface area contributed by atoms with Gasteiger partial charge in [0.15, 0.2) is 11.1 Å². The normalized spacial score (nSPS) is 11.7. The lowest BCUT2D eigenvalue weighted by Gasteiger charge is -2.11. The summed E-state index contributed by atoms with van der Waals surface area (Å²) in [5.41, 5.74) is 2.14. The Hall–Kier alpha value is -2.19. The molecule has 132 valence electrons. The summed E-state index contributed by atoms with van der Waals surface area (Å²) >= 11 is 3.39. The maximum atomic E-state index is 4.56. The van der Waals surface area contributed by atoms with Crippen LogP contribution >= 0.6 is 22.7 Å². The third kappa shape index (κ3) is 4.67. The highest BCUT2D eigenvalue weighted by atomic mass is 32.1. The second-order valence-electron chi connectivity index (χ2n) is 5.52. The van der Waals surface area contributed by atoms with Gasteiger partial charge in [0.1, 0.15) is 5.01 Å². The van der Waals surface area contributed by atoms with Crippen molar-refractivity contribution in [3.05, 3.63) is 39.8 Å². The van der Waals surface area contributed by atoms with Crippen molar-refractivity contribution >= 4 is 44.0 Å². The molecule has 0 saturated carbocycles. The molecule has 0 aliphatic rings. The topological polar surface area (TPSA) is 74.2 Å². The van der Waals surface area contributed by atoms with E-state index in [2.05, 4.69) is 43.9 Å². The van der Waals surface area contributed by atoms with Gasteiger partial charge in [-0.2, -0.15) is 0 Å². The van der Waals surface area contributed by atoms with Crippen LogP contribution in [0, 0.1) is 13.8 Å². The molecule has 0 fully saturated rings. The summed E-state index contributed by atoms with van der Waals surface area (Å²) in [4.78, 5) is 14.6. The molecule has 0 spiro atoms. The number of aryl methyl sites for hydroxylation is 2. The van der Waals surface area contributed by atoms with E-state index in [1.165, 1.54) is 9.58 Å². The summed E-state index contributed by atoms with van der Waals surface area (Å²) in [6.07, 6.45) is 0. The molecule has 0 bridgehead atoms. The van der Waals surface area contributed by atoms with Crippen LogP contribution in [0.25, 0.3) is 10.2 Å². The van der Waals surface area contributed by atoms with Crippen LogP contribution in [0.1, 0.15) is 15.6 Å². The average Bonchev–Trinajstić information content (AvgIpc) is 3.17. The third-order valence-electron chi connectivity index (χ3n) is 3.69. The van der Waals surface area contributed by atoms with Crippen molar-refractivity contribution in [2.45, 2.75) is 20.4 Å². The fraction of sp³-hybridized carbons (Fsp3) is 0.353. The van der Waals surface area contributed by atoms with Gasteiger partial charge in [-0.1, -0.05) is 23.5 Å². The molecule has 25 heavy (non-hydrogen) atoms. The van der Waals surface area contributed by atoms with Crippen molar-refractivity contribution in [2.75, 3.05) is 25.5 Å². The van der Waals surface area contributed by atoms with Gasteiger partial charge in [0.05, 0.1) is 22.5 Å². The highest BCUT2D eigenvalue weighted by Crippen LogP contribution is 2.24. The van der Waals surface area contributed by atoms with E-state index in [0.29, 0.717) is 6.54 Å². The standard InChI is InChI=1S/C17H22N6S2/c1-11-12(2)24-15(22-11)10-21-16(18-3)19-8-9-20-17-23-13-6-4-5-7-14(13)25-17/h4-7H,8-10H2,1-3H3,(H,20,23)(H2,18,19,21). The zero-order valence-corrected chi connectivity index (χ0v) is 16.2. The van der Waals surface area contributed by atoms with E-state index in [-0.39, 0.29) is 0 Å². The number of nitrogens with one attached hydrogen (secondary N) is 3. The number of thiazole rings is 2. The van der Waals surface area contributed by atoms with Gasteiger partial charge in [-0.3, -0.25) is 4.99 Å². The van der Waals surface area contributed by atoms with Gasteiger partial charge in [-0.05, 0) is 26.0 Å². The Morgan fingerprint density at radius 3 is 2.64 bits per heavy atom. The second kappa shape index (κ2) is 8.26. The van der Waals surface area contributed by atoms with Crippen LogP contribution in [0.5, 0.6) is 0 Å². The SMILES string of the molecule is CN=C(NCCNc1nc2ccccc2s1)NCc1nc(C)c(C)s1. The molecule has 2 aromatic heterocycles. The number of nitrogens with zero attached hydrogens (tertiary/aromatic N) is 3. The zero-order valence-electron chi connectivity index (χ0n) is 14.6. The number of hydrogen-bond donors (Lipinski definition) is 3. The van der Waals surface area contributed by atoms with Crippen molar-refractivity contribution in [1.29, 1.82) is 0 Å². The summed E-state index contributed by atoms with van der Waals surface area (Å²) < 4.78 is 1.20. The van der Waals surface area contributed by atoms with E-state index in [4.69, 9.17) is 0 Å². The average molecular weight is 375 g/mol. The Balaban J connectivity index is 1.42. The van der Waals surface area contributed by atoms with Crippen LogP contribution in [0.4, 0.5) is 5.13 Å². The maximum absolute atomic E-state index is 4.56. The minimum Gasteiger partial charge on any atom is -0.360 e. The van der Waals surface area contributed by atoms with E-state index < -0.39 is 0 Å². The lowest BCUT2D eigenvalue weighted by atomic mass is 10.3. The van der Waals surface area contributed by atoms with Crippen LogP contribution in [-0.4, -0.2) is 36.1 Å². The van der Waals surface area contributed by atoms with Crippen LogP contribution in [-0.2, 0) is 6.54 Å². The molecule has 0 unspecified atom stereocenters. The highest BCUT2D eigenvalue weighted by molar-refractivity contribution is 7.22. The van der Waals surface area contributed by atoms with Gasteiger partial charge < -0.3 is 16.0 Å². The van der Waals surface area contributed by atoms with Crippen molar-refractivity contribution < 1.29 is 0 Å². The summed E-state index contributed by atoms with van der Waals surface area (Å²) in [6, 6.07) is 8.16. The van der Waals surface area contributed by atoms with Crippen molar-refractivity contribution in [1.82, 2.24) is 20.6 Å². The number of rotatable bonds is 6. The van der Waals surface area contributed by atoms with E-state index >= 15 is 0 Å². The first-order chi connectivity index (χ1) is 12.2. The van der Waals surface area contributed by atoms with Crippen LogP contribution in [0.2, 0.25) is 0 Å². The highest BCUT2D eigenvalue weighted by Gasteiger charge is 2.05. The lowest BCUT2D eigenvalue weighted by molar-refractivity contribution is 0.807. The number of aliphatic imine (C=N–C) groups is 1. The monoisotopic (exact) mass is 374 g/mol. The summed E-state index contributed by atoms with van der Waals surface area (Å²) in [7, 11) is 1.77. The molecule has 0 amide bonds. The largest absolute Gasteiger partial charge is 0.360 e. The predicted octanol–water partition coefficient (Wildman–Crippen LogP) is 3.15. The third-order valence-corrected chi connectivity index (χ3v) is 5.76. The van der Waals surface area contributed by atoms with Crippen LogP contribution < -0.4 is 16.0 Å². The smallest absolute Gasteiger partial charge is 0.191 e. The number of hydrogen-bond acceptors (Lipinski definition) is 6. The molecule has 0 atom stereocenters. The van der Waals surface area contributed by atoms with Gasteiger partial charge in [-0.15, -0.1) is 11.3 Å². The number of benzene rings is 1. The fourth-order valence-electron chi connectivity index (χ4n) is 2.29. The summed E-state index contributed by atoms with van der Waals surface area (Å²) in [6.45, 7) is 6.35. The Kier molecular flexibility index (Phi) is 5.83. The Morgan fingerprint density at radius 2 is 1.92 bits per heavy atom. The number of anilines is 1. The Labute approximate surface area is 155 Å². The summed E-state index contributed by atoms with van der Waals surface area (Å²) in [5.74, 6) is 0.775. The molecule has 8 heteroatoms. The summed E-state index contributed by atoms with van der Waals surface area (Å²) in [5, 5.41) is 12.0.